The fraction of sp³-hybridized carbons (Fsp3) is 0.600. The summed E-state index contributed by atoms with van der Waals surface area (Å²) in [5.41, 5.74) is 37.6. The molecule has 0 aliphatic heterocycles. The lowest BCUT2D eigenvalue weighted by atomic mass is 10.3. The van der Waals surface area contributed by atoms with E-state index in [0.29, 0.717) is 0 Å². The van der Waals surface area contributed by atoms with Crippen LogP contribution < -0.4 is 45.9 Å². The first kappa shape index (κ1) is 61.7. The Hall–Kier alpha value is -4.29. The number of aliphatic carboxylic acids is 8. The van der Waals surface area contributed by atoms with Crippen molar-refractivity contribution in [3.8, 4) is 0 Å². The van der Waals surface area contributed by atoms with Crippen LogP contribution in [0.4, 0.5) is 0 Å². The van der Waals surface area contributed by atoms with Gasteiger partial charge in [-0.3, -0.25) is 38.4 Å². The Bertz CT molecular complexity index is 751. The smallest absolute Gasteiger partial charge is 0.322 e. The van der Waals surface area contributed by atoms with Gasteiger partial charge >= 0.3 is 47.8 Å². The standard InChI is InChI=1S/2C3H7NO3.C3H7NO2S.C3H7NO2.4C2H5NO2/c2*4-2(1-5)3(6)7;4-2(1-7)3(5)6;1-2(4)3(5)6;4*3-1-2(4)5/h2*2,5H,1,4H2,(H,6,7);2,7H,1,4H2,(H,5,6);2H,4H2,1H3,(H,5,6);4*1,3H2,(H,4,5)/t4*2-;;;;/m0000..../s1. The van der Waals surface area contributed by atoms with E-state index in [4.69, 9.17) is 74.0 Å². The maximum atomic E-state index is 9.76. The molecule has 0 aliphatic rings. The highest BCUT2D eigenvalue weighted by Gasteiger charge is 2.08. The van der Waals surface area contributed by atoms with E-state index in [0.717, 1.165) is 0 Å². The molecule has 0 saturated carbocycles. The number of aliphatic hydroxyl groups is 2. The highest BCUT2D eigenvalue weighted by Crippen LogP contribution is 1.80. The summed E-state index contributed by atoms with van der Waals surface area (Å²) in [6, 6.07) is -3.80. The summed E-state index contributed by atoms with van der Waals surface area (Å²) in [7, 11) is 0. The van der Waals surface area contributed by atoms with E-state index in [2.05, 4.69) is 35.6 Å². The maximum Gasteiger partial charge on any atom is 0.322 e. The molecule has 4 atom stereocenters. The molecule has 0 aliphatic carbocycles. The van der Waals surface area contributed by atoms with Crippen molar-refractivity contribution < 1.29 is 89.4 Å². The molecule has 0 bridgehead atoms. The van der Waals surface area contributed by atoms with Crippen LogP contribution in [0.1, 0.15) is 6.92 Å². The predicted molar refractivity (Wildman–Crippen MR) is 163 cm³/mol. The molecule has 0 amide bonds. The van der Waals surface area contributed by atoms with Crippen molar-refractivity contribution in [2.45, 2.75) is 31.1 Å². The highest BCUT2D eigenvalue weighted by molar-refractivity contribution is 7.80. The predicted octanol–water partition coefficient (Wildman–Crippen LogP) is -8.35. The molecule has 0 aromatic heterocycles. The van der Waals surface area contributed by atoms with Crippen molar-refractivity contribution in [1.82, 2.24) is 0 Å². The number of carboxylic acid groups (broad SMARTS) is 8. The molecule has 0 aromatic rings. The lowest BCUT2D eigenvalue weighted by Crippen LogP contribution is -2.33. The van der Waals surface area contributed by atoms with Gasteiger partial charge in [0.15, 0.2) is 0 Å². The van der Waals surface area contributed by atoms with Crippen LogP contribution in [0.2, 0.25) is 0 Å². The van der Waals surface area contributed by atoms with Crippen LogP contribution in [0, 0.1) is 0 Å². The van der Waals surface area contributed by atoms with Crippen molar-refractivity contribution in [3.05, 3.63) is 0 Å². The molecular formula is C20H48N8O18S. The van der Waals surface area contributed by atoms with Gasteiger partial charge in [0, 0.05) is 5.75 Å². The summed E-state index contributed by atoms with van der Waals surface area (Å²) in [5.74, 6) is -8.00. The number of rotatable bonds is 11. The Morgan fingerprint density at radius 2 is 0.617 bits per heavy atom. The second-order valence-corrected chi connectivity index (χ2v) is 7.27. The number of hydrogen-bond donors (Lipinski definition) is 19. The van der Waals surface area contributed by atoms with Crippen LogP contribution >= 0.6 is 12.6 Å². The molecule has 0 saturated heterocycles. The topological polar surface area (TPSA) is 547 Å². The van der Waals surface area contributed by atoms with Crippen LogP contribution in [-0.4, -0.2) is 168 Å². The van der Waals surface area contributed by atoms with Crippen LogP contribution in [0.3, 0.4) is 0 Å². The van der Waals surface area contributed by atoms with Gasteiger partial charge in [-0.05, 0) is 6.92 Å². The molecule has 26 N–H and O–H groups in total. The Labute approximate surface area is 272 Å². The third-order valence-electron chi connectivity index (χ3n) is 2.63. The summed E-state index contributed by atoms with van der Waals surface area (Å²) in [6.07, 6.45) is 0. The van der Waals surface area contributed by atoms with E-state index in [1.807, 2.05) is 0 Å². The zero-order valence-corrected chi connectivity index (χ0v) is 26.0. The van der Waals surface area contributed by atoms with Gasteiger partial charge < -0.3 is 96.9 Å². The number of hydrogen-bond acceptors (Lipinski definition) is 19. The molecule has 0 unspecified atom stereocenters. The molecule has 282 valence electrons. The van der Waals surface area contributed by atoms with Crippen molar-refractivity contribution in [2.24, 2.45) is 45.9 Å². The SMILES string of the molecule is C[C@H](N)C(=O)O.NCC(=O)O.NCC(=O)O.NCC(=O)O.NCC(=O)O.N[C@@H](CO)C(=O)O.N[C@@H](CO)C(=O)O.N[C@@H](CS)C(=O)O. The van der Waals surface area contributed by atoms with Crippen LogP contribution in [0.25, 0.3) is 0 Å². The normalized spacial score (nSPS) is 10.9. The molecule has 0 aromatic carbocycles. The first-order valence-corrected chi connectivity index (χ1v) is 12.3. The fourth-order valence-corrected chi connectivity index (χ4v) is 0.390. The molecule has 0 radical (unpaired) electrons. The Morgan fingerprint density at radius 1 is 0.468 bits per heavy atom. The molecule has 26 nitrogen and oxygen atoms in total. The average Bonchev–Trinajstić information content (AvgIpc) is 3.01. The van der Waals surface area contributed by atoms with Gasteiger partial charge in [-0.15, -0.1) is 0 Å². The van der Waals surface area contributed by atoms with E-state index in [1.165, 1.54) is 6.92 Å². The summed E-state index contributed by atoms with van der Waals surface area (Å²) in [4.78, 5) is 75.6. The number of carbonyl (C=O) groups is 8. The Morgan fingerprint density at radius 3 is 0.617 bits per heavy atom. The van der Waals surface area contributed by atoms with Gasteiger partial charge in [-0.1, -0.05) is 0 Å². The van der Waals surface area contributed by atoms with Crippen molar-refractivity contribution in [1.29, 1.82) is 0 Å². The van der Waals surface area contributed by atoms with E-state index >= 15 is 0 Å². The second kappa shape index (κ2) is 46.1. The highest BCUT2D eigenvalue weighted by atomic mass is 32.1. The van der Waals surface area contributed by atoms with Gasteiger partial charge in [0.1, 0.15) is 24.2 Å². The van der Waals surface area contributed by atoms with E-state index in [9.17, 15) is 38.4 Å². The maximum absolute atomic E-state index is 9.76. The van der Waals surface area contributed by atoms with Gasteiger partial charge in [0.25, 0.3) is 0 Å². The number of nitrogens with two attached hydrogens (primary N) is 8. The third kappa shape index (κ3) is 99.5. The van der Waals surface area contributed by atoms with Gasteiger partial charge in [0.05, 0.1) is 39.4 Å². The summed E-state index contributed by atoms with van der Waals surface area (Å²) in [5, 5.41) is 78.1. The monoisotopic (exact) mass is 720 g/mol. The molecule has 47 heavy (non-hydrogen) atoms. The summed E-state index contributed by atoms with van der Waals surface area (Å²) >= 11 is 3.65. The van der Waals surface area contributed by atoms with Crippen LogP contribution in [-0.2, 0) is 38.4 Å². The minimum absolute atomic E-state index is 0.190. The van der Waals surface area contributed by atoms with Gasteiger partial charge in [-0.2, -0.15) is 12.6 Å². The molecule has 0 spiro atoms. The van der Waals surface area contributed by atoms with Crippen LogP contribution in [0.15, 0.2) is 0 Å². The zero-order valence-electron chi connectivity index (χ0n) is 25.1. The number of carboxylic acids is 8. The van der Waals surface area contributed by atoms with Gasteiger partial charge in [-0.25, -0.2) is 0 Å². The largest absolute Gasteiger partial charge is 0.480 e. The molecule has 27 heteroatoms. The third-order valence-corrected chi connectivity index (χ3v) is 3.02. The number of thiol groups is 1. The van der Waals surface area contributed by atoms with Crippen molar-refractivity contribution in [3.63, 3.8) is 0 Å². The van der Waals surface area contributed by atoms with E-state index in [1.54, 1.807) is 0 Å². The van der Waals surface area contributed by atoms with E-state index < -0.39 is 85.1 Å². The molecule has 0 heterocycles. The molecular weight excluding hydrogens is 672 g/mol. The van der Waals surface area contributed by atoms with Crippen molar-refractivity contribution >= 4 is 60.4 Å². The molecule has 0 rings (SSSR count). The Kier molecular flexibility index (Phi) is 60.5. The second-order valence-electron chi connectivity index (χ2n) is 6.90. The quantitative estimate of drug-likeness (QED) is 0.0881. The Balaban J connectivity index is -0.0000000619. The lowest BCUT2D eigenvalue weighted by Gasteiger charge is -1.96. The van der Waals surface area contributed by atoms with Crippen LogP contribution in [0.5, 0.6) is 0 Å². The van der Waals surface area contributed by atoms with Gasteiger partial charge in [0.2, 0.25) is 0 Å². The first-order valence-electron chi connectivity index (χ1n) is 11.7. The zero-order chi connectivity index (χ0) is 39.9. The fourth-order valence-electron chi connectivity index (χ4n) is 0.234. The lowest BCUT2D eigenvalue weighted by molar-refractivity contribution is -0.140. The summed E-state index contributed by atoms with van der Waals surface area (Å²) in [6.45, 7) is -0.701. The minimum atomic E-state index is -1.18. The first-order chi connectivity index (χ1) is 21.3. The minimum Gasteiger partial charge on any atom is -0.480 e. The number of aliphatic hydroxyl groups excluding tert-OH is 2. The average molecular weight is 721 g/mol. The van der Waals surface area contributed by atoms with E-state index in [-0.39, 0.29) is 31.9 Å². The van der Waals surface area contributed by atoms with Crippen molar-refractivity contribution in [2.75, 3.05) is 45.1 Å². The summed E-state index contributed by atoms with van der Waals surface area (Å²) < 4.78 is 0. The molecule has 0 fully saturated rings.